The van der Waals surface area contributed by atoms with Crippen molar-refractivity contribution in [1.82, 2.24) is 14.5 Å². The molecule has 0 fully saturated rings. The van der Waals surface area contributed by atoms with Crippen LogP contribution in [0.3, 0.4) is 0 Å². The molecule has 2 N–H and O–H groups in total. The molecule has 3 rings (SSSR count). The lowest BCUT2D eigenvalue weighted by molar-refractivity contribution is 0.0396. The number of ether oxygens (including phenoxy) is 1. The van der Waals surface area contributed by atoms with Gasteiger partial charge in [0.1, 0.15) is 28.2 Å². The summed E-state index contributed by atoms with van der Waals surface area (Å²) in [7, 11) is 0. The van der Waals surface area contributed by atoms with Crippen molar-refractivity contribution >= 4 is 28.8 Å². The minimum atomic E-state index is -1.04. The fraction of sp³-hybridized carbons (Fsp3) is 0.211. The number of anilines is 1. The second kappa shape index (κ2) is 7.36. The third-order valence-corrected chi connectivity index (χ3v) is 3.94. The molecule has 1 aromatic carbocycles. The van der Waals surface area contributed by atoms with E-state index >= 15 is 0 Å². The Morgan fingerprint density at radius 3 is 2.52 bits per heavy atom. The molecule has 2 heterocycles. The molecule has 0 aliphatic carbocycles. The Balaban J connectivity index is 2.08. The number of hydrogen-bond donors (Lipinski definition) is 1. The fourth-order valence-electron chi connectivity index (χ4n) is 2.74. The molecule has 8 nitrogen and oxygen atoms in total. The standard InChI is InChI=1S/C19H18N4O4/c1-3-9-23-10-13(15(24)14-16(20)21-11(2)22-17(14)23)19(26)27-18(25)12-7-5-4-6-8-12/h4-8,10H,3,9H2,1-2H3,(H2,20,21,22). The van der Waals surface area contributed by atoms with Crippen molar-refractivity contribution in [1.29, 1.82) is 0 Å². The molecule has 0 saturated heterocycles. The van der Waals surface area contributed by atoms with Crippen molar-refractivity contribution in [2.75, 3.05) is 5.73 Å². The Kier molecular flexibility index (Phi) is 4.98. The van der Waals surface area contributed by atoms with Gasteiger partial charge in [0.15, 0.2) is 0 Å². The van der Waals surface area contributed by atoms with E-state index in [1.165, 1.54) is 18.3 Å². The van der Waals surface area contributed by atoms with Crippen LogP contribution >= 0.6 is 0 Å². The minimum Gasteiger partial charge on any atom is -0.386 e. The Bertz CT molecular complexity index is 1090. The lowest BCUT2D eigenvalue weighted by Crippen LogP contribution is -2.24. The number of benzene rings is 1. The van der Waals surface area contributed by atoms with Gasteiger partial charge >= 0.3 is 11.9 Å². The zero-order valence-corrected chi connectivity index (χ0v) is 14.9. The summed E-state index contributed by atoms with van der Waals surface area (Å²) in [5.74, 6) is -1.48. The van der Waals surface area contributed by atoms with Crippen LogP contribution in [0.5, 0.6) is 0 Å². The number of carbonyl (C=O) groups excluding carboxylic acids is 2. The monoisotopic (exact) mass is 366 g/mol. The highest BCUT2D eigenvalue weighted by atomic mass is 16.6. The van der Waals surface area contributed by atoms with Gasteiger partial charge in [-0.25, -0.2) is 19.6 Å². The van der Waals surface area contributed by atoms with Crippen LogP contribution in [-0.4, -0.2) is 26.5 Å². The number of nitrogen functional groups attached to an aromatic ring is 1. The van der Waals surface area contributed by atoms with Crippen LogP contribution < -0.4 is 11.2 Å². The topological polar surface area (TPSA) is 117 Å². The van der Waals surface area contributed by atoms with Crippen LogP contribution in [0.4, 0.5) is 5.82 Å². The zero-order valence-electron chi connectivity index (χ0n) is 14.9. The second-order valence-corrected chi connectivity index (χ2v) is 5.96. The van der Waals surface area contributed by atoms with Crippen molar-refractivity contribution in [2.24, 2.45) is 0 Å². The van der Waals surface area contributed by atoms with Crippen molar-refractivity contribution in [3.8, 4) is 0 Å². The van der Waals surface area contributed by atoms with Gasteiger partial charge < -0.3 is 15.0 Å². The van der Waals surface area contributed by atoms with Crippen molar-refractivity contribution in [2.45, 2.75) is 26.8 Å². The van der Waals surface area contributed by atoms with E-state index in [1.807, 2.05) is 6.92 Å². The zero-order chi connectivity index (χ0) is 19.6. The molecule has 2 aromatic heterocycles. The Labute approximate surface area is 154 Å². The van der Waals surface area contributed by atoms with E-state index in [4.69, 9.17) is 10.5 Å². The number of aromatic nitrogens is 3. The molecular weight excluding hydrogens is 348 g/mol. The average Bonchev–Trinajstić information content (AvgIpc) is 2.64. The molecule has 0 saturated carbocycles. The van der Waals surface area contributed by atoms with Crippen LogP contribution in [0.1, 0.15) is 39.9 Å². The maximum Gasteiger partial charge on any atom is 0.351 e. The molecule has 0 unspecified atom stereocenters. The summed E-state index contributed by atoms with van der Waals surface area (Å²) in [4.78, 5) is 45.7. The van der Waals surface area contributed by atoms with Crippen LogP contribution in [-0.2, 0) is 11.3 Å². The molecule has 0 bridgehead atoms. The molecule has 8 heteroatoms. The van der Waals surface area contributed by atoms with E-state index < -0.39 is 17.4 Å². The molecule has 0 aliphatic rings. The SMILES string of the molecule is CCCn1cc(C(=O)OC(=O)c2ccccc2)c(=O)c2c(N)nc(C)nc21. The maximum absolute atomic E-state index is 12.8. The maximum atomic E-state index is 12.8. The summed E-state index contributed by atoms with van der Waals surface area (Å²) in [5, 5.41) is 0.0376. The molecule has 0 spiro atoms. The van der Waals surface area contributed by atoms with Gasteiger partial charge in [0.25, 0.3) is 0 Å². The van der Waals surface area contributed by atoms with E-state index in [9.17, 15) is 14.4 Å². The summed E-state index contributed by atoms with van der Waals surface area (Å²) in [6.07, 6.45) is 2.08. The third-order valence-electron chi connectivity index (χ3n) is 3.94. The van der Waals surface area contributed by atoms with Gasteiger partial charge in [0, 0.05) is 12.7 Å². The number of carbonyl (C=O) groups is 2. The van der Waals surface area contributed by atoms with Crippen LogP contribution in [0.15, 0.2) is 41.3 Å². The third kappa shape index (κ3) is 3.55. The van der Waals surface area contributed by atoms with Crippen molar-refractivity contribution < 1.29 is 14.3 Å². The predicted octanol–water partition coefficient (Wildman–Crippen LogP) is 2.09. The van der Waals surface area contributed by atoms with Gasteiger partial charge in [-0.3, -0.25) is 4.79 Å². The normalized spacial score (nSPS) is 10.7. The number of hydrogen-bond acceptors (Lipinski definition) is 7. The van der Waals surface area contributed by atoms with E-state index in [2.05, 4.69) is 9.97 Å². The first-order valence-electron chi connectivity index (χ1n) is 8.41. The number of esters is 2. The van der Waals surface area contributed by atoms with Crippen LogP contribution in [0, 0.1) is 6.92 Å². The predicted molar refractivity (Wildman–Crippen MR) is 99.4 cm³/mol. The summed E-state index contributed by atoms with van der Waals surface area (Å²) >= 11 is 0. The molecule has 0 aliphatic heterocycles. The molecule has 0 atom stereocenters. The summed E-state index contributed by atoms with van der Waals surface area (Å²) < 4.78 is 6.52. The summed E-state index contributed by atoms with van der Waals surface area (Å²) in [6.45, 7) is 4.11. The number of pyridine rings is 1. The van der Waals surface area contributed by atoms with Gasteiger partial charge in [-0.15, -0.1) is 0 Å². The quantitative estimate of drug-likeness (QED) is 0.555. The number of nitrogens with two attached hydrogens (primary N) is 1. The summed E-state index contributed by atoms with van der Waals surface area (Å²) in [5.41, 5.74) is 5.50. The number of rotatable bonds is 4. The van der Waals surface area contributed by atoms with Crippen molar-refractivity contribution in [3.63, 3.8) is 0 Å². The van der Waals surface area contributed by atoms with Crippen LogP contribution in [0.25, 0.3) is 11.0 Å². The minimum absolute atomic E-state index is 0.0172. The Hall–Kier alpha value is -3.55. The lowest BCUT2D eigenvalue weighted by Gasteiger charge is -2.12. The highest BCUT2D eigenvalue weighted by Gasteiger charge is 2.22. The first-order valence-corrected chi connectivity index (χ1v) is 8.41. The first-order chi connectivity index (χ1) is 12.9. The molecule has 3 aromatic rings. The molecular formula is C19H18N4O4. The second-order valence-electron chi connectivity index (χ2n) is 5.96. The Morgan fingerprint density at radius 1 is 1.15 bits per heavy atom. The van der Waals surface area contributed by atoms with E-state index in [1.54, 1.807) is 29.7 Å². The largest absolute Gasteiger partial charge is 0.386 e. The molecule has 27 heavy (non-hydrogen) atoms. The highest BCUT2D eigenvalue weighted by Crippen LogP contribution is 2.16. The van der Waals surface area contributed by atoms with Crippen molar-refractivity contribution in [3.05, 3.63) is 63.7 Å². The lowest BCUT2D eigenvalue weighted by atomic mass is 10.2. The molecule has 138 valence electrons. The van der Waals surface area contributed by atoms with Gasteiger partial charge in [-0.05, 0) is 25.5 Å². The average molecular weight is 366 g/mol. The Morgan fingerprint density at radius 2 is 1.85 bits per heavy atom. The van der Waals surface area contributed by atoms with E-state index in [0.717, 1.165) is 6.42 Å². The summed E-state index contributed by atoms with van der Waals surface area (Å²) in [6, 6.07) is 8.05. The fourth-order valence-corrected chi connectivity index (χ4v) is 2.74. The first kappa shape index (κ1) is 18.2. The van der Waals surface area contributed by atoms with Gasteiger partial charge in [-0.1, -0.05) is 25.1 Å². The van der Waals surface area contributed by atoms with Gasteiger partial charge in [0.2, 0.25) is 5.43 Å². The smallest absolute Gasteiger partial charge is 0.351 e. The van der Waals surface area contributed by atoms with Crippen LogP contribution in [0.2, 0.25) is 0 Å². The van der Waals surface area contributed by atoms with Gasteiger partial charge in [0.05, 0.1) is 5.56 Å². The van der Waals surface area contributed by atoms with Gasteiger partial charge in [-0.2, -0.15) is 0 Å². The molecule has 0 amide bonds. The molecule has 0 radical (unpaired) electrons. The van der Waals surface area contributed by atoms with E-state index in [-0.39, 0.29) is 22.3 Å². The number of fused-ring (bicyclic) bond motifs is 1. The number of aryl methyl sites for hydroxylation is 2. The number of nitrogens with zero attached hydrogens (tertiary/aromatic N) is 3. The van der Waals surface area contributed by atoms with E-state index in [0.29, 0.717) is 18.0 Å². The highest BCUT2D eigenvalue weighted by molar-refractivity contribution is 6.04.